The molecule has 1 aliphatic carbocycles. The maximum Gasteiger partial charge on any atom is 0.257 e. The van der Waals surface area contributed by atoms with E-state index in [0.717, 1.165) is 32.4 Å². The van der Waals surface area contributed by atoms with Gasteiger partial charge < -0.3 is 24.4 Å². The minimum Gasteiger partial charge on any atom is -0.485 e. The van der Waals surface area contributed by atoms with Crippen LogP contribution in [0.4, 0.5) is 0 Å². The first-order valence-corrected chi connectivity index (χ1v) is 13.8. The number of benzene rings is 2. The fourth-order valence-corrected chi connectivity index (χ4v) is 7.08. The lowest BCUT2D eigenvalue weighted by Crippen LogP contribution is -2.48. The summed E-state index contributed by atoms with van der Waals surface area (Å²) in [6.07, 6.45) is 2.13. The second-order valence-electron chi connectivity index (χ2n) is 12.3. The third kappa shape index (κ3) is 4.01. The number of hydrogen-bond acceptors (Lipinski definition) is 6. The number of nitrogens with zero attached hydrogens (tertiary/aromatic N) is 3. The maximum absolute atomic E-state index is 13.6. The quantitative estimate of drug-likeness (QED) is 0.656. The van der Waals surface area contributed by atoms with Gasteiger partial charge in [0.15, 0.2) is 0 Å². The molecule has 8 nitrogen and oxygen atoms in total. The summed E-state index contributed by atoms with van der Waals surface area (Å²) in [7, 11) is 0. The lowest BCUT2D eigenvalue weighted by atomic mass is 9.99. The first kappa shape index (κ1) is 24.1. The van der Waals surface area contributed by atoms with E-state index >= 15 is 0 Å². The molecule has 8 heteroatoms. The number of hydrogen-bond donors (Lipinski definition) is 1. The highest BCUT2D eigenvalue weighted by molar-refractivity contribution is 6.01. The average molecular weight is 518 g/mol. The van der Waals surface area contributed by atoms with Gasteiger partial charge in [0.1, 0.15) is 11.4 Å². The van der Waals surface area contributed by atoms with Crippen molar-refractivity contribution in [2.75, 3.05) is 32.8 Å². The number of morpholine rings is 1. The Hall–Kier alpha value is -2.94. The Morgan fingerprint density at radius 3 is 2.74 bits per heavy atom. The van der Waals surface area contributed by atoms with E-state index in [9.17, 15) is 14.7 Å². The molecular weight excluding hydrogens is 482 g/mol. The van der Waals surface area contributed by atoms with E-state index < -0.39 is 11.7 Å². The zero-order valence-electron chi connectivity index (χ0n) is 22.1. The SMILES string of the molecule is CC1(C)CN(CC(O)CN2CCc3ccccc3C2)C(=O)c2ccc(C(=O)N3C4COC5(C4)CC35)cc2O1. The molecule has 5 aliphatic rings. The number of piperidine rings is 1. The minimum atomic E-state index is -0.680. The number of carbonyl (C=O) groups excluding carboxylic acids is 2. The Morgan fingerprint density at radius 1 is 1.13 bits per heavy atom. The smallest absolute Gasteiger partial charge is 0.257 e. The average Bonchev–Trinajstić information content (AvgIpc) is 3.36. The molecule has 1 N–H and O–H groups in total. The molecule has 0 aromatic heterocycles. The number of aliphatic hydroxyl groups excluding tert-OH is 1. The van der Waals surface area contributed by atoms with Gasteiger partial charge in [-0.1, -0.05) is 24.3 Å². The third-order valence-electron chi connectivity index (χ3n) is 8.91. The van der Waals surface area contributed by atoms with E-state index in [-0.39, 0.29) is 36.0 Å². The summed E-state index contributed by atoms with van der Waals surface area (Å²) in [5.74, 6) is 0.239. The number of ether oxygens (including phenoxy) is 2. The monoisotopic (exact) mass is 517 g/mol. The summed E-state index contributed by atoms with van der Waals surface area (Å²) in [4.78, 5) is 33.0. The summed E-state index contributed by atoms with van der Waals surface area (Å²) in [5, 5.41) is 11.0. The third-order valence-corrected chi connectivity index (χ3v) is 8.91. The summed E-state index contributed by atoms with van der Waals surface area (Å²) in [6.45, 7) is 7.26. The predicted molar refractivity (Wildman–Crippen MR) is 140 cm³/mol. The number of aliphatic hydroxyl groups is 1. The Kier molecular flexibility index (Phi) is 5.42. The number of amides is 2. The van der Waals surface area contributed by atoms with Crippen LogP contribution in [0.25, 0.3) is 0 Å². The summed E-state index contributed by atoms with van der Waals surface area (Å²) < 4.78 is 12.2. The summed E-state index contributed by atoms with van der Waals surface area (Å²) in [6, 6.07) is 13.9. The number of carbonyl (C=O) groups is 2. The van der Waals surface area contributed by atoms with E-state index in [1.165, 1.54) is 11.1 Å². The second kappa shape index (κ2) is 8.53. The molecule has 4 unspecified atom stereocenters. The van der Waals surface area contributed by atoms with Crippen molar-refractivity contribution in [3.63, 3.8) is 0 Å². The van der Waals surface area contributed by atoms with Crippen LogP contribution in [0.3, 0.4) is 0 Å². The van der Waals surface area contributed by atoms with Crippen molar-refractivity contribution in [1.82, 2.24) is 14.7 Å². The van der Waals surface area contributed by atoms with Crippen molar-refractivity contribution < 1.29 is 24.2 Å². The van der Waals surface area contributed by atoms with Crippen LogP contribution in [0.5, 0.6) is 5.75 Å². The topological polar surface area (TPSA) is 82.6 Å². The van der Waals surface area contributed by atoms with Crippen molar-refractivity contribution in [2.45, 2.75) is 69.0 Å². The van der Waals surface area contributed by atoms with Gasteiger partial charge in [-0.05, 0) is 49.6 Å². The standard InChI is InChI=1S/C30H35N3O5/c1-29(2)18-32(16-23(34)15-31-10-9-19-5-3-4-6-21(19)14-31)28(36)24-8-7-20(11-25(24)38-29)27(35)33-22-12-30(37-17-22)13-26(30)33/h3-8,11,22-23,26,34H,9-10,12-18H2,1-2H3. The number of rotatable bonds is 5. The molecule has 7 rings (SSSR count). The van der Waals surface area contributed by atoms with Gasteiger partial charge in [-0.2, -0.15) is 0 Å². The lowest BCUT2D eigenvalue weighted by molar-refractivity contribution is 0.0216. The van der Waals surface area contributed by atoms with Crippen molar-refractivity contribution in [3.8, 4) is 5.75 Å². The van der Waals surface area contributed by atoms with Crippen molar-refractivity contribution >= 4 is 11.8 Å². The van der Waals surface area contributed by atoms with Gasteiger partial charge in [-0.25, -0.2) is 0 Å². The Morgan fingerprint density at radius 2 is 1.95 bits per heavy atom. The molecule has 4 heterocycles. The van der Waals surface area contributed by atoms with Crippen LogP contribution in [0.2, 0.25) is 0 Å². The van der Waals surface area contributed by atoms with Crippen LogP contribution >= 0.6 is 0 Å². The fourth-order valence-electron chi connectivity index (χ4n) is 7.08. The molecule has 2 aromatic carbocycles. The van der Waals surface area contributed by atoms with Crippen LogP contribution in [0.15, 0.2) is 42.5 Å². The summed E-state index contributed by atoms with van der Waals surface area (Å²) in [5.41, 5.74) is 2.88. The van der Waals surface area contributed by atoms with E-state index in [0.29, 0.717) is 36.6 Å². The highest BCUT2D eigenvalue weighted by atomic mass is 16.5. The predicted octanol–water partition coefficient (Wildman–Crippen LogP) is 2.47. The van der Waals surface area contributed by atoms with Gasteiger partial charge in [-0.15, -0.1) is 0 Å². The Balaban J connectivity index is 1.06. The molecular formula is C30H35N3O5. The molecule has 200 valence electrons. The van der Waals surface area contributed by atoms with E-state index in [4.69, 9.17) is 9.47 Å². The van der Waals surface area contributed by atoms with Gasteiger partial charge >= 0.3 is 0 Å². The van der Waals surface area contributed by atoms with Crippen LogP contribution in [0.1, 0.15) is 58.5 Å². The van der Waals surface area contributed by atoms with Crippen LogP contribution in [-0.2, 0) is 17.7 Å². The second-order valence-corrected chi connectivity index (χ2v) is 12.3. The molecule has 3 fully saturated rings. The van der Waals surface area contributed by atoms with Crippen molar-refractivity contribution in [2.24, 2.45) is 0 Å². The van der Waals surface area contributed by atoms with E-state index in [1.54, 1.807) is 23.1 Å². The molecule has 4 aliphatic heterocycles. The fraction of sp³-hybridized carbons (Fsp3) is 0.533. The first-order chi connectivity index (χ1) is 18.2. The van der Waals surface area contributed by atoms with E-state index in [2.05, 4.69) is 29.2 Å². The van der Waals surface area contributed by atoms with Gasteiger partial charge in [0.05, 0.1) is 42.5 Å². The highest BCUT2D eigenvalue weighted by Crippen LogP contribution is 2.59. The summed E-state index contributed by atoms with van der Waals surface area (Å²) >= 11 is 0. The Bertz CT molecular complexity index is 1310. The van der Waals surface area contributed by atoms with E-state index in [1.807, 2.05) is 18.7 Å². The van der Waals surface area contributed by atoms with Gasteiger partial charge in [0, 0.05) is 44.6 Å². The normalized spacial score (nSPS) is 29.7. The number of fused-ring (bicyclic) bond motifs is 3. The number of β-amino-alcohol motifs (C(OH)–C–C–N with tert-alkyl or cyclic N) is 1. The van der Waals surface area contributed by atoms with Gasteiger partial charge in [-0.3, -0.25) is 14.5 Å². The highest BCUT2D eigenvalue weighted by Gasteiger charge is 2.71. The lowest BCUT2D eigenvalue weighted by Gasteiger charge is -2.33. The minimum absolute atomic E-state index is 0.0149. The van der Waals surface area contributed by atoms with Crippen molar-refractivity contribution in [3.05, 3.63) is 64.7 Å². The maximum atomic E-state index is 13.6. The van der Waals surface area contributed by atoms with Gasteiger partial charge in [0.25, 0.3) is 11.8 Å². The molecule has 0 radical (unpaired) electrons. The molecule has 38 heavy (non-hydrogen) atoms. The van der Waals surface area contributed by atoms with Crippen LogP contribution in [0, 0.1) is 0 Å². The molecule has 2 saturated heterocycles. The first-order valence-electron chi connectivity index (χ1n) is 13.8. The zero-order chi connectivity index (χ0) is 26.2. The van der Waals surface area contributed by atoms with Crippen LogP contribution < -0.4 is 4.74 Å². The largest absolute Gasteiger partial charge is 0.485 e. The van der Waals surface area contributed by atoms with Crippen LogP contribution in [-0.4, -0.2) is 93.8 Å². The molecule has 1 saturated carbocycles. The Labute approximate surface area is 223 Å². The molecule has 2 aromatic rings. The molecule has 2 amide bonds. The molecule has 1 spiro atoms. The molecule has 2 bridgehead atoms. The molecule has 4 atom stereocenters. The van der Waals surface area contributed by atoms with Crippen molar-refractivity contribution in [1.29, 1.82) is 0 Å². The number of likely N-dealkylation sites (tertiary alicyclic amines) is 1. The van der Waals surface area contributed by atoms with Gasteiger partial charge in [0.2, 0.25) is 0 Å². The zero-order valence-corrected chi connectivity index (χ0v) is 22.1.